The van der Waals surface area contributed by atoms with E-state index in [9.17, 15) is 4.79 Å². The third kappa shape index (κ3) is 4.21. The van der Waals surface area contributed by atoms with Crippen molar-refractivity contribution in [3.8, 4) is 0 Å². The minimum atomic E-state index is -0.322. The fourth-order valence-electron chi connectivity index (χ4n) is 2.84. The van der Waals surface area contributed by atoms with E-state index in [-0.39, 0.29) is 11.6 Å². The Balaban J connectivity index is 1.43. The van der Waals surface area contributed by atoms with Gasteiger partial charge in [0.1, 0.15) is 0 Å². The van der Waals surface area contributed by atoms with E-state index in [1.54, 1.807) is 21.8 Å². The summed E-state index contributed by atoms with van der Waals surface area (Å²) in [5, 5.41) is 15.3. The quantitative estimate of drug-likeness (QED) is 0.526. The third-order valence-electron chi connectivity index (χ3n) is 4.60. The van der Waals surface area contributed by atoms with Crippen LogP contribution in [-0.4, -0.2) is 39.4 Å². The van der Waals surface area contributed by atoms with E-state index < -0.39 is 0 Å². The smallest absolute Gasteiger partial charge is 0.278 e. The minimum Gasteiger partial charge on any atom is -0.318 e. The number of hydrogen-bond donors (Lipinski definition) is 1. The maximum atomic E-state index is 12.6. The Hall–Kier alpha value is -3.40. The number of aromatic nitrogens is 7. The molecule has 10 heteroatoms. The van der Waals surface area contributed by atoms with Gasteiger partial charge < -0.3 is 5.32 Å². The lowest BCUT2D eigenvalue weighted by Gasteiger charge is -2.03. The van der Waals surface area contributed by atoms with Crippen LogP contribution in [0.2, 0.25) is 0 Å². The van der Waals surface area contributed by atoms with Gasteiger partial charge in [0.25, 0.3) is 5.91 Å². The first-order chi connectivity index (χ1) is 14.0. The second-order valence-electron chi connectivity index (χ2n) is 6.84. The Labute approximate surface area is 171 Å². The summed E-state index contributed by atoms with van der Waals surface area (Å²) in [5.74, 6) is -0.322. The fraction of sp³-hybridized carbons (Fsp3) is 0.263. The fourth-order valence-corrected chi connectivity index (χ4v) is 3.40. The van der Waals surface area contributed by atoms with Crippen molar-refractivity contribution >= 4 is 23.3 Å². The van der Waals surface area contributed by atoms with Crippen molar-refractivity contribution in [2.45, 2.75) is 33.9 Å². The number of aryl methyl sites for hydroxylation is 2. The molecule has 148 valence electrons. The first kappa shape index (κ1) is 18.9. The maximum Gasteiger partial charge on any atom is 0.278 e. The van der Waals surface area contributed by atoms with Gasteiger partial charge in [0.05, 0.1) is 53.8 Å². The Morgan fingerprint density at radius 3 is 2.62 bits per heavy atom. The Bertz CT molecular complexity index is 1140. The van der Waals surface area contributed by atoms with Gasteiger partial charge in [0, 0.05) is 6.20 Å². The normalized spacial score (nSPS) is 11.0. The molecule has 3 aromatic heterocycles. The molecule has 1 aromatic carbocycles. The summed E-state index contributed by atoms with van der Waals surface area (Å²) < 4.78 is 11.8. The van der Waals surface area contributed by atoms with Crippen LogP contribution in [0.3, 0.4) is 0 Å². The van der Waals surface area contributed by atoms with E-state index in [1.165, 1.54) is 5.56 Å². The number of hydrogen-bond acceptors (Lipinski definition) is 7. The molecular weight excluding hydrogens is 388 g/mol. The maximum absolute atomic E-state index is 12.6. The zero-order valence-electron chi connectivity index (χ0n) is 16.3. The van der Waals surface area contributed by atoms with E-state index in [2.05, 4.69) is 60.7 Å². The molecule has 1 N–H and O–H groups in total. The molecule has 1 amide bonds. The molecule has 0 aliphatic heterocycles. The van der Waals surface area contributed by atoms with Gasteiger partial charge in [-0.1, -0.05) is 35.0 Å². The highest BCUT2D eigenvalue weighted by Crippen LogP contribution is 2.13. The number of nitrogens with one attached hydrogen (secondary N) is 1. The van der Waals surface area contributed by atoms with Crippen molar-refractivity contribution in [2.24, 2.45) is 0 Å². The molecule has 0 fully saturated rings. The van der Waals surface area contributed by atoms with Crippen molar-refractivity contribution in [3.05, 3.63) is 70.6 Å². The van der Waals surface area contributed by atoms with Crippen LogP contribution in [0.25, 0.3) is 0 Å². The van der Waals surface area contributed by atoms with E-state index in [1.807, 2.05) is 13.8 Å². The number of amides is 1. The van der Waals surface area contributed by atoms with Gasteiger partial charge in [-0.25, -0.2) is 4.68 Å². The molecule has 3 heterocycles. The lowest BCUT2D eigenvalue weighted by Crippen LogP contribution is -2.14. The number of anilines is 1. The van der Waals surface area contributed by atoms with Crippen molar-refractivity contribution in [1.82, 2.24) is 33.5 Å². The van der Waals surface area contributed by atoms with Gasteiger partial charge in [-0.2, -0.15) is 13.8 Å². The molecule has 0 bridgehead atoms. The molecular formula is C19H20N8OS. The van der Waals surface area contributed by atoms with E-state index in [0.717, 1.165) is 28.7 Å². The summed E-state index contributed by atoms with van der Waals surface area (Å²) in [6.45, 7) is 6.82. The Morgan fingerprint density at radius 1 is 1.10 bits per heavy atom. The number of nitrogens with zero attached hydrogens (tertiary/aromatic N) is 7. The van der Waals surface area contributed by atoms with Crippen molar-refractivity contribution in [1.29, 1.82) is 0 Å². The van der Waals surface area contributed by atoms with Gasteiger partial charge in [-0.15, -0.1) is 5.10 Å². The van der Waals surface area contributed by atoms with Gasteiger partial charge in [0.15, 0.2) is 5.69 Å². The van der Waals surface area contributed by atoms with Crippen LogP contribution in [0, 0.1) is 20.8 Å². The van der Waals surface area contributed by atoms with Gasteiger partial charge in [-0.05, 0) is 26.3 Å². The van der Waals surface area contributed by atoms with Crippen LogP contribution in [-0.2, 0) is 13.1 Å². The minimum absolute atomic E-state index is 0.275. The zero-order valence-corrected chi connectivity index (χ0v) is 17.1. The molecule has 0 aliphatic rings. The summed E-state index contributed by atoms with van der Waals surface area (Å²) in [6.07, 6.45) is 3.41. The van der Waals surface area contributed by atoms with E-state index >= 15 is 0 Å². The second kappa shape index (κ2) is 7.92. The molecule has 0 saturated heterocycles. The van der Waals surface area contributed by atoms with E-state index in [0.29, 0.717) is 24.5 Å². The first-order valence-corrected chi connectivity index (χ1v) is 9.80. The van der Waals surface area contributed by atoms with Crippen molar-refractivity contribution in [2.75, 3.05) is 5.32 Å². The molecule has 4 rings (SSSR count). The van der Waals surface area contributed by atoms with Crippen molar-refractivity contribution in [3.63, 3.8) is 0 Å². The molecule has 0 radical (unpaired) electrons. The molecule has 29 heavy (non-hydrogen) atoms. The SMILES string of the molecule is Cc1ccc(Cn2cc(NC(=O)c3nnn(Cc4nsnc4C)c3C)cn2)cc1. The standard InChI is InChI=1S/C19H20N8OS/c1-12-4-6-15(7-5-12)9-26-10-16(8-20-26)21-19(28)18-14(3)27(25-22-18)11-17-13(2)23-29-24-17/h4-8,10H,9,11H2,1-3H3,(H,21,28). The summed E-state index contributed by atoms with van der Waals surface area (Å²) >= 11 is 1.16. The average molecular weight is 408 g/mol. The van der Waals surface area contributed by atoms with Crippen LogP contribution in [0.1, 0.15) is 38.7 Å². The Kier molecular flexibility index (Phi) is 5.17. The predicted octanol–water partition coefficient (Wildman–Crippen LogP) is 2.60. The van der Waals surface area contributed by atoms with Crippen LogP contribution in [0.5, 0.6) is 0 Å². The van der Waals surface area contributed by atoms with Gasteiger partial charge in [0.2, 0.25) is 0 Å². The van der Waals surface area contributed by atoms with Crippen LogP contribution in [0.15, 0.2) is 36.7 Å². The summed E-state index contributed by atoms with van der Waals surface area (Å²) in [5.41, 5.74) is 5.59. The second-order valence-corrected chi connectivity index (χ2v) is 7.37. The summed E-state index contributed by atoms with van der Waals surface area (Å²) in [7, 11) is 0. The zero-order chi connectivity index (χ0) is 20.4. The topological polar surface area (TPSA) is 103 Å². The molecule has 0 saturated carbocycles. The monoisotopic (exact) mass is 408 g/mol. The summed E-state index contributed by atoms with van der Waals surface area (Å²) in [6, 6.07) is 8.26. The lowest BCUT2D eigenvalue weighted by atomic mass is 10.1. The molecule has 0 aliphatic carbocycles. The number of benzene rings is 1. The molecule has 0 spiro atoms. The average Bonchev–Trinajstić information content (AvgIpc) is 3.40. The van der Waals surface area contributed by atoms with Crippen molar-refractivity contribution < 1.29 is 4.79 Å². The molecule has 9 nitrogen and oxygen atoms in total. The Morgan fingerprint density at radius 2 is 1.90 bits per heavy atom. The highest BCUT2D eigenvalue weighted by atomic mass is 32.1. The van der Waals surface area contributed by atoms with E-state index in [4.69, 9.17) is 0 Å². The lowest BCUT2D eigenvalue weighted by molar-refractivity contribution is 0.102. The van der Waals surface area contributed by atoms with Gasteiger partial charge in [-0.3, -0.25) is 9.48 Å². The van der Waals surface area contributed by atoms with Crippen LogP contribution in [0.4, 0.5) is 5.69 Å². The molecule has 4 aromatic rings. The predicted molar refractivity (Wildman–Crippen MR) is 109 cm³/mol. The largest absolute Gasteiger partial charge is 0.318 e. The highest BCUT2D eigenvalue weighted by Gasteiger charge is 2.18. The highest BCUT2D eigenvalue weighted by molar-refractivity contribution is 6.99. The molecule has 0 unspecified atom stereocenters. The summed E-state index contributed by atoms with van der Waals surface area (Å²) in [4.78, 5) is 12.6. The number of rotatable bonds is 6. The first-order valence-electron chi connectivity index (χ1n) is 9.07. The number of carbonyl (C=O) groups is 1. The van der Waals surface area contributed by atoms with Crippen LogP contribution < -0.4 is 5.32 Å². The molecule has 0 atom stereocenters. The van der Waals surface area contributed by atoms with Crippen LogP contribution >= 0.6 is 11.7 Å². The number of carbonyl (C=O) groups excluding carboxylic acids is 1. The van der Waals surface area contributed by atoms with Gasteiger partial charge >= 0.3 is 0 Å². The third-order valence-corrected chi connectivity index (χ3v) is 5.26.